The second kappa shape index (κ2) is 12.9. The highest BCUT2D eigenvalue weighted by molar-refractivity contribution is 7.92. The standard InChI is InChI=1S/C31H39N3O4S/c1-7-16-32-31(36)26(6)33(20-27-11-9-8-10-25(27)5)30(35)21-34(28-18-23(3)17-24(4)19-28)39(37,38)29-14-12-22(2)13-15-29/h8-15,17-19,26H,7,16,20-21H2,1-6H3,(H,32,36). The van der Waals surface area contributed by atoms with Crippen molar-refractivity contribution >= 4 is 27.5 Å². The molecule has 0 aliphatic heterocycles. The van der Waals surface area contributed by atoms with Crippen LogP contribution in [0.1, 0.15) is 48.1 Å². The topological polar surface area (TPSA) is 86.8 Å². The summed E-state index contributed by atoms with van der Waals surface area (Å²) in [4.78, 5) is 28.5. The van der Waals surface area contributed by atoms with Crippen LogP contribution in [0.25, 0.3) is 0 Å². The maximum Gasteiger partial charge on any atom is 0.264 e. The van der Waals surface area contributed by atoms with Gasteiger partial charge < -0.3 is 10.2 Å². The highest BCUT2D eigenvalue weighted by Crippen LogP contribution is 2.27. The number of benzene rings is 3. The Morgan fingerprint density at radius 3 is 2.08 bits per heavy atom. The molecule has 0 aliphatic rings. The molecule has 208 valence electrons. The smallest absolute Gasteiger partial charge is 0.264 e. The molecule has 0 bridgehead atoms. The highest BCUT2D eigenvalue weighted by Gasteiger charge is 2.32. The first-order chi connectivity index (χ1) is 18.4. The molecule has 39 heavy (non-hydrogen) atoms. The van der Waals surface area contributed by atoms with Crippen LogP contribution in [0.4, 0.5) is 5.69 Å². The summed E-state index contributed by atoms with van der Waals surface area (Å²) in [7, 11) is -4.09. The first kappa shape index (κ1) is 29.9. The summed E-state index contributed by atoms with van der Waals surface area (Å²) < 4.78 is 29.1. The van der Waals surface area contributed by atoms with Crippen molar-refractivity contribution in [3.05, 3.63) is 94.5 Å². The van der Waals surface area contributed by atoms with Crippen LogP contribution in [-0.2, 0) is 26.2 Å². The van der Waals surface area contributed by atoms with Crippen LogP contribution in [0.5, 0.6) is 0 Å². The van der Waals surface area contributed by atoms with Gasteiger partial charge in [-0.05, 0) is 87.6 Å². The van der Waals surface area contributed by atoms with Crippen molar-refractivity contribution in [2.24, 2.45) is 0 Å². The minimum absolute atomic E-state index is 0.0965. The van der Waals surface area contributed by atoms with Crippen molar-refractivity contribution in [2.75, 3.05) is 17.4 Å². The second-order valence-electron chi connectivity index (χ2n) is 10.1. The highest BCUT2D eigenvalue weighted by atomic mass is 32.2. The van der Waals surface area contributed by atoms with E-state index in [0.29, 0.717) is 12.2 Å². The van der Waals surface area contributed by atoms with E-state index >= 15 is 0 Å². The summed E-state index contributed by atoms with van der Waals surface area (Å²) in [5.41, 5.74) is 4.96. The Morgan fingerprint density at radius 2 is 1.49 bits per heavy atom. The van der Waals surface area contributed by atoms with Gasteiger partial charge in [0.1, 0.15) is 12.6 Å². The number of aryl methyl sites for hydroxylation is 4. The fourth-order valence-electron chi connectivity index (χ4n) is 4.41. The van der Waals surface area contributed by atoms with Gasteiger partial charge in [0.25, 0.3) is 10.0 Å². The van der Waals surface area contributed by atoms with Gasteiger partial charge >= 0.3 is 0 Å². The van der Waals surface area contributed by atoms with E-state index in [1.54, 1.807) is 43.3 Å². The third-order valence-electron chi connectivity index (χ3n) is 6.70. The van der Waals surface area contributed by atoms with E-state index in [9.17, 15) is 18.0 Å². The van der Waals surface area contributed by atoms with Gasteiger partial charge in [-0.25, -0.2) is 8.42 Å². The number of carbonyl (C=O) groups is 2. The Hall–Kier alpha value is -3.65. The van der Waals surface area contributed by atoms with Crippen molar-refractivity contribution in [1.29, 1.82) is 0 Å². The number of nitrogens with zero attached hydrogens (tertiary/aromatic N) is 2. The van der Waals surface area contributed by atoms with Gasteiger partial charge in [-0.2, -0.15) is 0 Å². The van der Waals surface area contributed by atoms with Crippen LogP contribution in [-0.4, -0.2) is 44.3 Å². The molecule has 3 aromatic carbocycles. The van der Waals surface area contributed by atoms with E-state index in [-0.39, 0.29) is 17.3 Å². The van der Waals surface area contributed by atoms with Gasteiger partial charge in [0.2, 0.25) is 11.8 Å². The minimum atomic E-state index is -4.09. The third kappa shape index (κ3) is 7.47. The Morgan fingerprint density at radius 1 is 0.872 bits per heavy atom. The minimum Gasteiger partial charge on any atom is -0.354 e. The fraction of sp³-hybridized carbons (Fsp3) is 0.355. The van der Waals surface area contributed by atoms with E-state index in [1.807, 2.05) is 65.0 Å². The number of amides is 2. The number of anilines is 1. The molecule has 7 nitrogen and oxygen atoms in total. The molecule has 0 saturated carbocycles. The van der Waals surface area contributed by atoms with Crippen molar-refractivity contribution in [3.63, 3.8) is 0 Å². The quantitative estimate of drug-likeness (QED) is 0.362. The molecule has 1 N–H and O–H groups in total. The molecular weight excluding hydrogens is 510 g/mol. The summed E-state index contributed by atoms with van der Waals surface area (Å²) in [5, 5.41) is 2.86. The summed E-state index contributed by atoms with van der Waals surface area (Å²) in [6, 6.07) is 18.9. The number of sulfonamides is 1. The Balaban J connectivity index is 2.06. The zero-order valence-corrected chi connectivity index (χ0v) is 24.5. The molecule has 0 heterocycles. The average Bonchev–Trinajstić information content (AvgIpc) is 2.89. The molecule has 0 fully saturated rings. The average molecular weight is 550 g/mol. The van der Waals surface area contributed by atoms with Crippen LogP contribution in [0.15, 0.2) is 71.6 Å². The van der Waals surface area contributed by atoms with Gasteiger partial charge in [-0.3, -0.25) is 13.9 Å². The lowest BCUT2D eigenvalue weighted by molar-refractivity contribution is -0.139. The molecule has 2 amide bonds. The molecule has 0 spiro atoms. The molecule has 3 aromatic rings. The van der Waals surface area contributed by atoms with Gasteiger partial charge in [-0.1, -0.05) is 55.0 Å². The maximum atomic E-state index is 14.0. The van der Waals surface area contributed by atoms with Crippen molar-refractivity contribution in [2.45, 2.75) is 65.4 Å². The maximum absolute atomic E-state index is 14.0. The first-order valence-corrected chi connectivity index (χ1v) is 14.7. The monoisotopic (exact) mass is 549 g/mol. The first-order valence-electron chi connectivity index (χ1n) is 13.2. The van der Waals surface area contributed by atoms with Gasteiger partial charge in [0, 0.05) is 13.1 Å². The lowest BCUT2D eigenvalue weighted by Crippen LogP contribution is -2.51. The Kier molecular flexibility index (Phi) is 9.92. The van der Waals surface area contributed by atoms with Crippen molar-refractivity contribution in [3.8, 4) is 0 Å². The van der Waals surface area contributed by atoms with Crippen LogP contribution in [0.2, 0.25) is 0 Å². The lowest BCUT2D eigenvalue weighted by atomic mass is 10.1. The normalized spacial score (nSPS) is 12.1. The Labute approximate surface area is 232 Å². The van der Waals surface area contributed by atoms with Gasteiger partial charge in [0.15, 0.2) is 0 Å². The SMILES string of the molecule is CCCNC(=O)C(C)N(Cc1ccccc1C)C(=O)CN(c1cc(C)cc(C)c1)S(=O)(=O)c1ccc(C)cc1. The molecule has 1 unspecified atom stereocenters. The number of rotatable bonds is 11. The Bertz CT molecular complexity index is 1400. The predicted octanol–water partition coefficient (Wildman–Crippen LogP) is 5.06. The zero-order chi connectivity index (χ0) is 28.7. The molecule has 0 aromatic heterocycles. The van der Waals surface area contributed by atoms with E-state index < -0.39 is 28.5 Å². The summed E-state index contributed by atoms with van der Waals surface area (Å²) in [6.45, 7) is 11.5. The summed E-state index contributed by atoms with van der Waals surface area (Å²) in [5.74, 6) is -0.745. The largest absolute Gasteiger partial charge is 0.354 e. The predicted molar refractivity (Wildman–Crippen MR) is 156 cm³/mol. The molecule has 1 atom stereocenters. The number of hydrogen-bond donors (Lipinski definition) is 1. The zero-order valence-electron chi connectivity index (χ0n) is 23.7. The molecule has 8 heteroatoms. The van der Waals surface area contributed by atoms with Gasteiger partial charge in [0.05, 0.1) is 10.6 Å². The van der Waals surface area contributed by atoms with E-state index in [0.717, 1.165) is 38.5 Å². The van der Waals surface area contributed by atoms with E-state index in [4.69, 9.17) is 0 Å². The van der Waals surface area contributed by atoms with Crippen LogP contribution >= 0.6 is 0 Å². The summed E-state index contributed by atoms with van der Waals surface area (Å²) >= 11 is 0. The van der Waals surface area contributed by atoms with Crippen LogP contribution in [0, 0.1) is 27.7 Å². The molecule has 0 aliphatic carbocycles. The summed E-state index contributed by atoms with van der Waals surface area (Å²) in [6.07, 6.45) is 0.763. The van der Waals surface area contributed by atoms with Gasteiger partial charge in [-0.15, -0.1) is 0 Å². The second-order valence-corrected chi connectivity index (χ2v) is 11.9. The van der Waals surface area contributed by atoms with E-state index in [1.165, 1.54) is 4.90 Å². The lowest BCUT2D eigenvalue weighted by Gasteiger charge is -2.32. The molecular formula is C31H39N3O4S. The molecule has 0 radical (unpaired) electrons. The fourth-order valence-corrected chi connectivity index (χ4v) is 5.81. The molecule has 3 rings (SSSR count). The third-order valence-corrected chi connectivity index (χ3v) is 8.49. The number of hydrogen-bond acceptors (Lipinski definition) is 4. The van der Waals surface area contributed by atoms with Crippen LogP contribution < -0.4 is 9.62 Å². The van der Waals surface area contributed by atoms with Crippen molar-refractivity contribution < 1.29 is 18.0 Å². The number of nitrogens with one attached hydrogen (secondary N) is 1. The number of carbonyl (C=O) groups excluding carboxylic acids is 2. The van der Waals surface area contributed by atoms with Crippen molar-refractivity contribution in [1.82, 2.24) is 10.2 Å². The molecule has 0 saturated heterocycles. The van der Waals surface area contributed by atoms with E-state index in [2.05, 4.69) is 5.32 Å². The van der Waals surface area contributed by atoms with Crippen LogP contribution in [0.3, 0.4) is 0 Å².